The van der Waals surface area contributed by atoms with Crippen LogP contribution in [0.1, 0.15) is 28.8 Å². The summed E-state index contributed by atoms with van der Waals surface area (Å²) in [6, 6.07) is 15.3. The van der Waals surface area contributed by atoms with Crippen LogP contribution in [0.5, 0.6) is 0 Å². The van der Waals surface area contributed by atoms with Crippen molar-refractivity contribution in [2.45, 2.75) is 25.4 Å². The van der Waals surface area contributed by atoms with Crippen molar-refractivity contribution in [3.05, 3.63) is 66.1 Å². The number of rotatable bonds is 6. The Kier molecular flexibility index (Phi) is 5.86. The number of esters is 1. The summed E-state index contributed by atoms with van der Waals surface area (Å²) in [4.78, 5) is 30.7. The first-order valence-corrected chi connectivity index (χ1v) is 9.73. The number of amides is 1. The highest BCUT2D eigenvalue weighted by Gasteiger charge is 2.21. The molecule has 0 unspecified atom stereocenters. The Morgan fingerprint density at radius 1 is 1.14 bits per heavy atom. The van der Waals surface area contributed by atoms with Gasteiger partial charge in [-0.25, -0.2) is 9.78 Å². The van der Waals surface area contributed by atoms with Gasteiger partial charge in [0, 0.05) is 25.7 Å². The second-order valence-electron chi connectivity index (χ2n) is 7.21. The number of piperidine rings is 1. The number of nitrogens with one attached hydrogen (secondary N) is 1. The average molecular weight is 393 g/mol. The number of carbonyl (C=O) groups excluding carboxylic acids is 2. The summed E-state index contributed by atoms with van der Waals surface area (Å²) < 4.78 is 10.3. The number of likely N-dealkylation sites (tertiary alicyclic amines) is 1. The Balaban J connectivity index is 1.19. The lowest BCUT2D eigenvalue weighted by molar-refractivity contribution is -0.125. The number of carbonyl (C=O) groups is 2. The predicted molar refractivity (Wildman–Crippen MR) is 107 cm³/mol. The van der Waals surface area contributed by atoms with Crippen molar-refractivity contribution in [2.75, 3.05) is 19.7 Å². The van der Waals surface area contributed by atoms with Crippen LogP contribution in [-0.2, 0) is 16.1 Å². The van der Waals surface area contributed by atoms with E-state index in [-0.39, 0.29) is 18.6 Å². The molecule has 1 saturated heterocycles. The van der Waals surface area contributed by atoms with E-state index in [1.807, 2.05) is 18.2 Å². The van der Waals surface area contributed by atoms with Gasteiger partial charge in [0.05, 0.1) is 5.56 Å². The highest BCUT2D eigenvalue weighted by atomic mass is 16.5. The van der Waals surface area contributed by atoms with Crippen molar-refractivity contribution in [3.8, 4) is 0 Å². The third-order valence-electron chi connectivity index (χ3n) is 5.10. The quantitative estimate of drug-likeness (QED) is 0.649. The van der Waals surface area contributed by atoms with E-state index in [2.05, 4.69) is 27.3 Å². The molecule has 0 bridgehead atoms. The summed E-state index contributed by atoms with van der Waals surface area (Å²) in [5, 5.41) is 2.97. The van der Waals surface area contributed by atoms with Gasteiger partial charge in [0.25, 0.3) is 5.91 Å². The first kappa shape index (κ1) is 19.1. The van der Waals surface area contributed by atoms with Crippen molar-refractivity contribution < 1.29 is 18.7 Å². The molecule has 0 radical (unpaired) electrons. The van der Waals surface area contributed by atoms with E-state index in [1.54, 1.807) is 18.2 Å². The number of nitrogens with zero attached hydrogens (tertiary/aromatic N) is 2. The maximum atomic E-state index is 12.2. The molecule has 1 aliphatic rings. The summed E-state index contributed by atoms with van der Waals surface area (Å²) in [7, 11) is 0. The van der Waals surface area contributed by atoms with E-state index >= 15 is 0 Å². The zero-order chi connectivity index (χ0) is 20.1. The highest BCUT2D eigenvalue weighted by molar-refractivity contribution is 5.94. The Labute approximate surface area is 168 Å². The topological polar surface area (TPSA) is 84.7 Å². The minimum absolute atomic E-state index is 0.111. The molecule has 7 heteroatoms. The monoisotopic (exact) mass is 393 g/mol. The molecule has 0 spiro atoms. The Hall–Kier alpha value is -3.19. The maximum absolute atomic E-state index is 12.2. The summed E-state index contributed by atoms with van der Waals surface area (Å²) in [5.74, 6) is -0.829. The molecule has 1 N–H and O–H groups in total. The van der Waals surface area contributed by atoms with Crippen molar-refractivity contribution in [2.24, 2.45) is 0 Å². The van der Waals surface area contributed by atoms with Crippen LogP contribution in [0.3, 0.4) is 0 Å². The normalized spacial score (nSPS) is 15.3. The summed E-state index contributed by atoms with van der Waals surface area (Å²) in [6.07, 6.45) is 3.09. The average Bonchev–Trinajstić information content (AvgIpc) is 3.22. The zero-order valence-corrected chi connectivity index (χ0v) is 16.0. The fraction of sp³-hybridized carbons (Fsp3) is 0.318. The van der Waals surface area contributed by atoms with E-state index in [1.165, 1.54) is 12.0 Å². The van der Waals surface area contributed by atoms with Crippen LogP contribution < -0.4 is 5.32 Å². The second-order valence-corrected chi connectivity index (χ2v) is 7.21. The smallest absolute Gasteiger partial charge is 0.338 e. The summed E-state index contributed by atoms with van der Waals surface area (Å²) >= 11 is 0. The number of hydrogen-bond acceptors (Lipinski definition) is 6. The third-order valence-corrected chi connectivity index (χ3v) is 5.10. The molecule has 4 rings (SSSR count). The van der Waals surface area contributed by atoms with Gasteiger partial charge in [-0.2, -0.15) is 0 Å². The molecular formula is C22H23N3O4. The molecule has 0 aliphatic carbocycles. The molecule has 0 saturated carbocycles. The zero-order valence-electron chi connectivity index (χ0n) is 16.0. The van der Waals surface area contributed by atoms with Crippen LogP contribution in [0.2, 0.25) is 0 Å². The molecule has 3 aromatic rings. The van der Waals surface area contributed by atoms with Crippen LogP contribution in [0, 0.1) is 0 Å². The van der Waals surface area contributed by atoms with Crippen LogP contribution in [0.4, 0.5) is 0 Å². The van der Waals surface area contributed by atoms with Crippen LogP contribution in [0.15, 0.2) is 59.3 Å². The van der Waals surface area contributed by atoms with Gasteiger partial charge < -0.3 is 14.5 Å². The van der Waals surface area contributed by atoms with Gasteiger partial charge in [-0.15, -0.1) is 0 Å². The predicted octanol–water partition coefficient (Wildman–Crippen LogP) is 2.77. The number of ether oxygens (including phenoxy) is 1. The first-order chi connectivity index (χ1) is 14.2. The molecule has 0 atom stereocenters. The van der Waals surface area contributed by atoms with Crippen LogP contribution >= 0.6 is 0 Å². The van der Waals surface area contributed by atoms with Crippen molar-refractivity contribution in [3.63, 3.8) is 0 Å². The van der Waals surface area contributed by atoms with E-state index in [0.29, 0.717) is 16.7 Å². The molecule has 7 nitrogen and oxygen atoms in total. The van der Waals surface area contributed by atoms with Gasteiger partial charge in [0.15, 0.2) is 18.6 Å². The lowest BCUT2D eigenvalue weighted by Crippen LogP contribution is -2.45. The van der Waals surface area contributed by atoms with Gasteiger partial charge in [-0.3, -0.25) is 9.69 Å². The molecule has 1 fully saturated rings. The summed E-state index contributed by atoms with van der Waals surface area (Å²) in [5.41, 5.74) is 2.81. The number of aromatic nitrogens is 1. The minimum Gasteiger partial charge on any atom is -0.452 e. The molecule has 29 heavy (non-hydrogen) atoms. The Morgan fingerprint density at radius 3 is 2.72 bits per heavy atom. The van der Waals surface area contributed by atoms with E-state index in [4.69, 9.17) is 9.15 Å². The fourth-order valence-corrected chi connectivity index (χ4v) is 3.55. The minimum atomic E-state index is -0.553. The Morgan fingerprint density at radius 2 is 1.93 bits per heavy atom. The van der Waals surface area contributed by atoms with E-state index < -0.39 is 5.97 Å². The molecule has 150 valence electrons. The van der Waals surface area contributed by atoms with Crippen molar-refractivity contribution in [1.82, 2.24) is 15.2 Å². The lowest BCUT2D eigenvalue weighted by Gasteiger charge is -2.32. The maximum Gasteiger partial charge on any atom is 0.338 e. The lowest BCUT2D eigenvalue weighted by atomic mass is 10.0. The van der Waals surface area contributed by atoms with Crippen LogP contribution in [0.25, 0.3) is 11.1 Å². The van der Waals surface area contributed by atoms with Gasteiger partial charge in [-0.05, 0) is 36.6 Å². The van der Waals surface area contributed by atoms with E-state index in [0.717, 1.165) is 32.5 Å². The largest absolute Gasteiger partial charge is 0.452 e. The highest BCUT2D eigenvalue weighted by Crippen LogP contribution is 2.15. The molecule has 2 heterocycles. The van der Waals surface area contributed by atoms with Crippen molar-refractivity contribution >= 4 is 23.0 Å². The van der Waals surface area contributed by atoms with Gasteiger partial charge in [0.2, 0.25) is 0 Å². The number of oxazole rings is 1. The molecular weight excluding hydrogens is 370 g/mol. The summed E-state index contributed by atoms with van der Waals surface area (Å²) in [6.45, 7) is 2.49. The first-order valence-electron chi connectivity index (χ1n) is 9.73. The van der Waals surface area contributed by atoms with E-state index in [9.17, 15) is 9.59 Å². The SMILES string of the molecule is O=C(COC(=O)c1ccc2ocnc2c1)NC1CCN(Cc2ccccc2)CC1. The van der Waals surface area contributed by atoms with Gasteiger partial charge in [-0.1, -0.05) is 30.3 Å². The van der Waals surface area contributed by atoms with Gasteiger partial charge in [0.1, 0.15) is 5.52 Å². The fourth-order valence-electron chi connectivity index (χ4n) is 3.55. The Bertz CT molecular complexity index is 978. The standard InChI is InChI=1S/C22H23N3O4/c26-21(14-28-22(27)17-6-7-20-19(12-17)23-15-29-20)24-18-8-10-25(11-9-18)13-16-4-2-1-3-5-16/h1-7,12,15,18H,8-11,13-14H2,(H,24,26). The molecule has 1 aliphatic heterocycles. The third kappa shape index (κ3) is 5.00. The van der Waals surface area contributed by atoms with Crippen molar-refractivity contribution in [1.29, 1.82) is 0 Å². The molecule has 1 amide bonds. The molecule has 1 aromatic heterocycles. The number of benzene rings is 2. The molecule has 2 aromatic carbocycles. The van der Waals surface area contributed by atoms with Crippen LogP contribution in [-0.4, -0.2) is 47.5 Å². The second kappa shape index (κ2) is 8.87. The van der Waals surface area contributed by atoms with Gasteiger partial charge >= 0.3 is 5.97 Å². The number of fused-ring (bicyclic) bond motifs is 1. The number of hydrogen-bond donors (Lipinski definition) is 1.